The van der Waals surface area contributed by atoms with E-state index in [9.17, 15) is 18.0 Å². The molecule has 0 heterocycles. The van der Waals surface area contributed by atoms with Crippen LogP contribution in [0.2, 0.25) is 0 Å². The van der Waals surface area contributed by atoms with Crippen LogP contribution < -0.4 is 4.74 Å². The molecular formula is C9H7F3O2. The van der Waals surface area contributed by atoms with Gasteiger partial charge in [-0.1, -0.05) is 6.07 Å². The lowest BCUT2D eigenvalue weighted by atomic mass is 10.1. The maximum atomic E-state index is 13.2. The van der Waals surface area contributed by atoms with Gasteiger partial charge in [0.25, 0.3) is 0 Å². The van der Waals surface area contributed by atoms with Crippen molar-refractivity contribution >= 4 is 6.29 Å². The van der Waals surface area contributed by atoms with E-state index in [0.717, 1.165) is 6.07 Å². The number of ether oxygens (including phenoxy) is 1. The van der Waals surface area contributed by atoms with Crippen molar-refractivity contribution in [2.45, 2.75) is 13.5 Å². The molecule has 0 amide bonds. The van der Waals surface area contributed by atoms with Crippen molar-refractivity contribution in [2.24, 2.45) is 0 Å². The number of rotatable bonds is 3. The summed E-state index contributed by atoms with van der Waals surface area (Å²) in [5, 5.41) is 0. The number of alkyl halides is 2. The fourth-order valence-electron chi connectivity index (χ4n) is 1.00. The van der Waals surface area contributed by atoms with E-state index in [1.54, 1.807) is 0 Å². The monoisotopic (exact) mass is 204 g/mol. The molecule has 0 saturated carbocycles. The van der Waals surface area contributed by atoms with E-state index < -0.39 is 18.2 Å². The predicted molar refractivity (Wildman–Crippen MR) is 43.2 cm³/mol. The molecule has 0 fully saturated rings. The number of hydrogen-bond donors (Lipinski definition) is 0. The molecule has 5 heteroatoms. The fourth-order valence-corrected chi connectivity index (χ4v) is 1.00. The van der Waals surface area contributed by atoms with Gasteiger partial charge in [0.15, 0.2) is 17.9 Å². The smallest absolute Gasteiger partial charge is 0.387 e. The first-order valence-electron chi connectivity index (χ1n) is 3.75. The molecule has 76 valence electrons. The normalized spacial score (nSPS) is 10.4. The van der Waals surface area contributed by atoms with Crippen molar-refractivity contribution in [2.75, 3.05) is 0 Å². The predicted octanol–water partition coefficient (Wildman–Crippen LogP) is 2.55. The van der Waals surface area contributed by atoms with Gasteiger partial charge in [-0.2, -0.15) is 8.78 Å². The van der Waals surface area contributed by atoms with Crippen LogP contribution in [0.5, 0.6) is 5.75 Å². The topological polar surface area (TPSA) is 26.3 Å². The second kappa shape index (κ2) is 4.13. The van der Waals surface area contributed by atoms with E-state index in [0.29, 0.717) is 5.56 Å². The zero-order valence-electron chi connectivity index (χ0n) is 7.26. The number of carbonyl (C=O) groups is 1. The summed E-state index contributed by atoms with van der Waals surface area (Å²) < 4.78 is 40.6. The molecule has 0 radical (unpaired) electrons. The number of hydrogen-bond acceptors (Lipinski definition) is 2. The highest BCUT2D eigenvalue weighted by Crippen LogP contribution is 2.23. The van der Waals surface area contributed by atoms with Crippen LogP contribution in [0.15, 0.2) is 12.1 Å². The van der Waals surface area contributed by atoms with Crippen LogP contribution >= 0.6 is 0 Å². The van der Waals surface area contributed by atoms with Gasteiger partial charge in [-0.25, -0.2) is 4.39 Å². The Hall–Kier alpha value is -1.52. The minimum atomic E-state index is -3.10. The summed E-state index contributed by atoms with van der Waals surface area (Å²) in [6.45, 7) is -1.61. The van der Waals surface area contributed by atoms with Gasteiger partial charge in [0.05, 0.1) is 5.56 Å². The Balaban J connectivity index is 3.14. The summed E-state index contributed by atoms with van der Waals surface area (Å²) in [6, 6.07) is 2.40. The molecule has 0 spiro atoms. The second-order valence-corrected chi connectivity index (χ2v) is 2.60. The minimum absolute atomic E-state index is 0.261. The Morgan fingerprint density at radius 1 is 1.43 bits per heavy atom. The van der Waals surface area contributed by atoms with Gasteiger partial charge >= 0.3 is 6.61 Å². The van der Waals surface area contributed by atoms with Gasteiger partial charge < -0.3 is 4.74 Å². The van der Waals surface area contributed by atoms with Crippen LogP contribution in [0.1, 0.15) is 15.9 Å². The van der Waals surface area contributed by atoms with Gasteiger partial charge in [-0.3, -0.25) is 4.79 Å². The lowest BCUT2D eigenvalue weighted by Gasteiger charge is -2.08. The average Bonchev–Trinajstić information content (AvgIpc) is 2.10. The summed E-state index contributed by atoms with van der Waals surface area (Å²) in [5.41, 5.74) is 0.113. The lowest BCUT2D eigenvalue weighted by Crippen LogP contribution is -2.05. The minimum Gasteiger partial charge on any atom is -0.432 e. The van der Waals surface area contributed by atoms with Gasteiger partial charge in [-0.15, -0.1) is 0 Å². The first-order valence-corrected chi connectivity index (χ1v) is 3.75. The number of benzene rings is 1. The molecule has 0 aliphatic carbocycles. The highest BCUT2D eigenvalue weighted by atomic mass is 19.3. The maximum absolute atomic E-state index is 13.2. The highest BCUT2D eigenvalue weighted by molar-refractivity contribution is 5.78. The van der Waals surface area contributed by atoms with Gasteiger partial charge in [0.1, 0.15) is 0 Å². The van der Waals surface area contributed by atoms with Crippen LogP contribution in [0.4, 0.5) is 13.2 Å². The first-order chi connectivity index (χ1) is 6.56. The third kappa shape index (κ3) is 2.04. The van der Waals surface area contributed by atoms with Crippen molar-refractivity contribution < 1.29 is 22.7 Å². The summed E-state index contributed by atoms with van der Waals surface area (Å²) in [4.78, 5) is 10.4. The molecule has 1 aromatic rings. The Morgan fingerprint density at radius 2 is 2.07 bits per heavy atom. The fraction of sp³-hybridized carbons (Fsp3) is 0.222. The molecule has 2 nitrogen and oxygen atoms in total. The van der Waals surface area contributed by atoms with Crippen molar-refractivity contribution in [3.63, 3.8) is 0 Å². The lowest BCUT2D eigenvalue weighted by molar-refractivity contribution is -0.0522. The van der Waals surface area contributed by atoms with E-state index in [1.165, 1.54) is 13.0 Å². The number of carbonyl (C=O) groups excluding carboxylic acids is 1. The van der Waals surface area contributed by atoms with E-state index in [1.807, 2.05) is 0 Å². The third-order valence-corrected chi connectivity index (χ3v) is 1.70. The molecule has 0 N–H and O–H groups in total. The number of halogens is 3. The highest BCUT2D eigenvalue weighted by Gasteiger charge is 2.14. The summed E-state index contributed by atoms with van der Waals surface area (Å²) in [5.74, 6) is -1.67. The average molecular weight is 204 g/mol. The van der Waals surface area contributed by atoms with Crippen LogP contribution in [-0.2, 0) is 0 Å². The maximum Gasteiger partial charge on any atom is 0.387 e. The molecule has 14 heavy (non-hydrogen) atoms. The third-order valence-electron chi connectivity index (χ3n) is 1.70. The number of aldehydes is 1. The SMILES string of the molecule is Cc1ccc(OC(F)F)c(F)c1C=O. The summed E-state index contributed by atoms with van der Waals surface area (Å²) in [6.07, 6.45) is 0.267. The van der Waals surface area contributed by atoms with Crippen LogP contribution in [0, 0.1) is 12.7 Å². The molecule has 1 aromatic carbocycles. The molecule has 0 aromatic heterocycles. The molecule has 0 bridgehead atoms. The standard InChI is InChI=1S/C9H7F3O2/c1-5-2-3-7(14-9(11)12)8(10)6(5)4-13/h2-4,9H,1H3. The second-order valence-electron chi connectivity index (χ2n) is 2.60. The zero-order valence-corrected chi connectivity index (χ0v) is 7.26. The van der Waals surface area contributed by atoms with Crippen molar-refractivity contribution in [1.82, 2.24) is 0 Å². The Morgan fingerprint density at radius 3 is 2.57 bits per heavy atom. The number of aryl methyl sites for hydroxylation is 1. The Labute approximate surface area is 78.3 Å². The van der Waals surface area contributed by atoms with Gasteiger partial charge in [-0.05, 0) is 18.6 Å². The van der Waals surface area contributed by atoms with Crippen molar-refractivity contribution in [1.29, 1.82) is 0 Å². The summed E-state index contributed by atoms with van der Waals surface area (Å²) in [7, 11) is 0. The molecule has 0 saturated heterocycles. The molecule has 0 aliphatic rings. The van der Waals surface area contributed by atoms with E-state index in [-0.39, 0.29) is 11.8 Å². The van der Waals surface area contributed by atoms with Crippen LogP contribution in [0.25, 0.3) is 0 Å². The largest absolute Gasteiger partial charge is 0.432 e. The molecule has 1 rings (SSSR count). The molecule has 0 atom stereocenters. The summed E-state index contributed by atoms with van der Waals surface area (Å²) >= 11 is 0. The van der Waals surface area contributed by atoms with Crippen LogP contribution in [0.3, 0.4) is 0 Å². The zero-order chi connectivity index (χ0) is 10.7. The Kier molecular flexibility index (Phi) is 3.11. The van der Waals surface area contributed by atoms with E-state index in [2.05, 4.69) is 4.74 Å². The molecule has 0 unspecified atom stereocenters. The van der Waals surface area contributed by atoms with E-state index >= 15 is 0 Å². The van der Waals surface area contributed by atoms with Crippen LogP contribution in [-0.4, -0.2) is 12.9 Å². The van der Waals surface area contributed by atoms with Gasteiger partial charge in [0, 0.05) is 0 Å². The van der Waals surface area contributed by atoms with E-state index in [4.69, 9.17) is 0 Å². The quantitative estimate of drug-likeness (QED) is 0.707. The van der Waals surface area contributed by atoms with Crippen molar-refractivity contribution in [3.05, 3.63) is 29.1 Å². The molecular weight excluding hydrogens is 197 g/mol. The van der Waals surface area contributed by atoms with Gasteiger partial charge in [0.2, 0.25) is 0 Å². The first kappa shape index (κ1) is 10.6. The Bertz CT molecular complexity index is 350. The van der Waals surface area contributed by atoms with Crippen molar-refractivity contribution in [3.8, 4) is 5.75 Å². The molecule has 0 aliphatic heterocycles.